The van der Waals surface area contributed by atoms with Crippen LogP contribution in [0.5, 0.6) is 5.75 Å². The van der Waals surface area contributed by atoms with Crippen LogP contribution in [-0.4, -0.2) is 56.9 Å². The van der Waals surface area contributed by atoms with Crippen LogP contribution in [0.15, 0.2) is 55.0 Å². The van der Waals surface area contributed by atoms with Crippen LogP contribution in [0.1, 0.15) is 85.1 Å². The molecular weight excluding hydrogens is 540 g/mol. The molecule has 2 fully saturated rings. The van der Waals surface area contributed by atoms with Gasteiger partial charge in [0.25, 0.3) is 11.8 Å². The molecule has 0 saturated heterocycles. The Labute approximate surface area is 252 Å². The smallest absolute Gasteiger partial charge is 0.257 e. The van der Waals surface area contributed by atoms with Crippen molar-refractivity contribution in [3.8, 4) is 16.9 Å². The van der Waals surface area contributed by atoms with Crippen LogP contribution >= 0.6 is 0 Å². The van der Waals surface area contributed by atoms with Crippen LogP contribution in [0.25, 0.3) is 22.2 Å². The highest BCUT2D eigenvalue weighted by molar-refractivity contribution is 6.01. The van der Waals surface area contributed by atoms with Crippen LogP contribution in [-0.2, 0) is 6.54 Å². The number of anilines is 1. The molecule has 2 aliphatic rings. The molecule has 3 N–H and O–H groups in total. The molecule has 3 heterocycles. The lowest BCUT2D eigenvalue weighted by Crippen LogP contribution is -2.38. The van der Waals surface area contributed by atoms with Crippen molar-refractivity contribution in [2.75, 3.05) is 12.4 Å². The highest BCUT2D eigenvalue weighted by Crippen LogP contribution is 2.33. The van der Waals surface area contributed by atoms with Gasteiger partial charge in [-0.3, -0.25) is 9.59 Å². The molecule has 3 aromatic heterocycles. The average molecular weight is 581 g/mol. The van der Waals surface area contributed by atoms with Crippen LogP contribution in [0, 0.1) is 0 Å². The highest BCUT2D eigenvalue weighted by atomic mass is 16.5. The zero-order valence-electron chi connectivity index (χ0n) is 25.2. The topological polar surface area (TPSA) is 112 Å². The van der Waals surface area contributed by atoms with E-state index in [1.807, 2.05) is 62.3 Å². The average Bonchev–Trinajstić information content (AvgIpc) is 3.73. The number of carbonyl (C=O) groups excluding carboxylic acids is 2. The molecule has 0 radical (unpaired) electrons. The van der Waals surface area contributed by atoms with E-state index in [2.05, 4.69) is 31.7 Å². The minimum Gasteiger partial charge on any atom is -0.491 e. The fraction of sp³-hybridized carbons (Fsp3) is 0.412. The molecule has 0 bridgehead atoms. The van der Waals surface area contributed by atoms with Gasteiger partial charge in [0.15, 0.2) is 0 Å². The standard InChI is InChI=1S/C34H40N6O3/c1-21(2)43-27-15-22(18-36-31-28(10-7-13-35-31)34(42)40(3)26-8-5-4-6-9-26)14-23(16-27)30-20-38-32-29(30)17-24(19-37-32)33(41)39-25-11-12-25/h7,10,13-17,19-21,25-26H,4-6,8-9,11-12,18H2,1-3H3,(H,35,36)(H,37,38)(H,39,41). The Hall–Kier alpha value is -4.40. The van der Waals surface area contributed by atoms with E-state index in [1.165, 1.54) is 19.3 Å². The third kappa shape index (κ3) is 6.66. The Balaban J connectivity index is 1.27. The number of pyridine rings is 2. The Morgan fingerprint density at radius 2 is 1.88 bits per heavy atom. The van der Waals surface area contributed by atoms with Gasteiger partial charge in [0.2, 0.25) is 0 Å². The molecule has 1 aromatic carbocycles. The Kier molecular flexibility index (Phi) is 8.31. The van der Waals surface area contributed by atoms with Crippen molar-refractivity contribution in [3.05, 3.63) is 71.7 Å². The van der Waals surface area contributed by atoms with E-state index in [9.17, 15) is 9.59 Å². The third-order valence-corrected chi connectivity index (χ3v) is 8.30. The molecule has 0 atom stereocenters. The van der Waals surface area contributed by atoms with Crippen molar-refractivity contribution in [3.63, 3.8) is 0 Å². The minimum atomic E-state index is -0.0966. The predicted octanol–water partition coefficient (Wildman–Crippen LogP) is 6.32. The number of fused-ring (bicyclic) bond motifs is 1. The van der Waals surface area contributed by atoms with Crippen molar-refractivity contribution in [2.24, 2.45) is 0 Å². The van der Waals surface area contributed by atoms with Crippen LogP contribution < -0.4 is 15.4 Å². The van der Waals surface area contributed by atoms with Gasteiger partial charge < -0.3 is 25.3 Å². The summed E-state index contributed by atoms with van der Waals surface area (Å²) < 4.78 is 6.14. The second kappa shape index (κ2) is 12.5. The van der Waals surface area contributed by atoms with Crippen molar-refractivity contribution in [2.45, 2.75) is 83.5 Å². The Morgan fingerprint density at radius 1 is 1.07 bits per heavy atom. The first-order valence-corrected chi connectivity index (χ1v) is 15.4. The largest absolute Gasteiger partial charge is 0.491 e. The number of benzene rings is 1. The fourth-order valence-electron chi connectivity index (χ4n) is 5.85. The summed E-state index contributed by atoms with van der Waals surface area (Å²) in [6.07, 6.45) is 13.0. The fourth-order valence-corrected chi connectivity index (χ4v) is 5.85. The van der Waals surface area contributed by atoms with Crippen LogP contribution in [0.3, 0.4) is 0 Å². The first-order chi connectivity index (χ1) is 20.9. The maximum atomic E-state index is 13.5. The number of ether oxygens (including phenoxy) is 1. The molecule has 43 heavy (non-hydrogen) atoms. The van der Waals surface area contributed by atoms with E-state index in [1.54, 1.807) is 12.4 Å². The molecule has 9 heteroatoms. The number of amides is 2. The number of rotatable bonds is 10. The Morgan fingerprint density at radius 3 is 2.65 bits per heavy atom. The second-order valence-electron chi connectivity index (χ2n) is 12.1. The number of carbonyl (C=O) groups is 2. The predicted molar refractivity (Wildman–Crippen MR) is 168 cm³/mol. The van der Waals surface area contributed by atoms with E-state index in [-0.39, 0.29) is 30.0 Å². The van der Waals surface area contributed by atoms with E-state index in [0.29, 0.717) is 29.1 Å². The molecule has 0 aliphatic heterocycles. The minimum absolute atomic E-state index is 0.00578. The van der Waals surface area contributed by atoms with E-state index in [4.69, 9.17) is 4.74 Å². The van der Waals surface area contributed by atoms with Crippen molar-refractivity contribution >= 4 is 28.7 Å². The third-order valence-electron chi connectivity index (χ3n) is 8.30. The molecule has 0 unspecified atom stereocenters. The number of H-pyrrole nitrogens is 1. The van der Waals surface area contributed by atoms with Crippen LogP contribution in [0.4, 0.5) is 5.82 Å². The zero-order valence-corrected chi connectivity index (χ0v) is 25.2. The van der Waals surface area contributed by atoms with Gasteiger partial charge >= 0.3 is 0 Å². The molecule has 6 rings (SSSR count). The first-order valence-electron chi connectivity index (χ1n) is 15.4. The molecule has 2 aliphatic carbocycles. The lowest BCUT2D eigenvalue weighted by Gasteiger charge is -2.31. The molecule has 224 valence electrons. The maximum absolute atomic E-state index is 13.5. The Bertz CT molecular complexity index is 1620. The summed E-state index contributed by atoms with van der Waals surface area (Å²) in [5.74, 6) is 1.20. The monoisotopic (exact) mass is 580 g/mol. The molecule has 9 nitrogen and oxygen atoms in total. The maximum Gasteiger partial charge on any atom is 0.257 e. The summed E-state index contributed by atoms with van der Waals surface area (Å²) in [6.45, 7) is 4.45. The summed E-state index contributed by atoms with van der Waals surface area (Å²) >= 11 is 0. The van der Waals surface area contributed by atoms with Gasteiger partial charge in [0.1, 0.15) is 17.2 Å². The summed E-state index contributed by atoms with van der Waals surface area (Å²) in [5.41, 5.74) is 4.68. The lowest BCUT2D eigenvalue weighted by molar-refractivity contribution is 0.0696. The molecule has 4 aromatic rings. The van der Waals surface area contributed by atoms with Crippen LogP contribution in [0.2, 0.25) is 0 Å². The number of aromatic amines is 1. The number of nitrogens with one attached hydrogen (secondary N) is 3. The number of hydrogen-bond donors (Lipinski definition) is 3. The summed E-state index contributed by atoms with van der Waals surface area (Å²) in [4.78, 5) is 40.4. The van der Waals surface area contributed by atoms with Gasteiger partial charge in [-0.2, -0.15) is 0 Å². The van der Waals surface area contributed by atoms with Crippen molar-refractivity contribution in [1.29, 1.82) is 0 Å². The molecule has 2 amide bonds. The summed E-state index contributed by atoms with van der Waals surface area (Å²) in [5, 5.41) is 7.33. The van der Waals surface area contributed by atoms with Gasteiger partial charge in [-0.25, -0.2) is 9.97 Å². The van der Waals surface area contributed by atoms with Gasteiger partial charge in [-0.05, 0) is 87.1 Å². The summed E-state index contributed by atoms with van der Waals surface area (Å²) in [7, 11) is 1.91. The molecular formula is C34H40N6O3. The zero-order chi connectivity index (χ0) is 29.9. The first kappa shape index (κ1) is 28.7. The highest BCUT2D eigenvalue weighted by Gasteiger charge is 2.26. The normalized spacial score (nSPS) is 15.4. The molecule has 0 spiro atoms. The SMILES string of the molecule is CC(C)Oc1cc(CNc2ncccc2C(=O)N(C)C2CCCCC2)cc(-c2c[nH]c3ncc(C(=O)NC4CC4)cc23)c1. The second-order valence-corrected chi connectivity index (χ2v) is 12.1. The van der Waals surface area contributed by atoms with Gasteiger partial charge in [0, 0.05) is 55.2 Å². The van der Waals surface area contributed by atoms with Gasteiger partial charge in [-0.15, -0.1) is 0 Å². The van der Waals surface area contributed by atoms with Gasteiger partial charge in [0.05, 0.1) is 17.2 Å². The van der Waals surface area contributed by atoms with E-state index >= 15 is 0 Å². The van der Waals surface area contributed by atoms with Gasteiger partial charge in [-0.1, -0.05) is 19.3 Å². The molecule has 2 saturated carbocycles. The van der Waals surface area contributed by atoms with E-state index < -0.39 is 0 Å². The van der Waals surface area contributed by atoms with Crippen molar-refractivity contribution < 1.29 is 14.3 Å². The lowest BCUT2D eigenvalue weighted by atomic mass is 9.94. The van der Waals surface area contributed by atoms with E-state index in [0.717, 1.165) is 53.5 Å². The summed E-state index contributed by atoms with van der Waals surface area (Å²) in [6, 6.07) is 12.2. The van der Waals surface area contributed by atoms with Crippen molar-refractivity contribution in [1.82, 2.24) is 25.2 Å². The number of nitrogens with zero attached hydrogens (tertiary/aromatic N) is 3. The quantitative estimate of drug-likeness (QED) is 0.202. The number of aromatic nitrogens is 3. The number of hydrogen-bond acceptors (Lipinski definition) is 6.